The molecule has 0 saturated carbocycles. The van der Waals surface area contributed by atoms with Gasteiger partial charge in [0, 0.05) is 36.0 Å². The van der Waals surface area contributed by atoms with E-state index in [0.717, 1.165) is 20.8 Å². The summed E-state index contributed by atoms with van der Waals surface area (Å²) in [5, 5.41) is 4.06. The number of fused-ring (bicyclic) bond motifs is 1. The van der Waals surface area contributed by atoms with E-state index in [1.165, 1.54) is 27.1 Å². The van der Waals surface area contributed by atoms with Crippen molar-refractivity contribution in [2.75, 3.05) is 13.1 Å². The van der Waals surface area contributed by atoms with E-state index >= 15 is 0 Å². The molecule has 0 saturated heterocycles. The molecule has 0 fully saturated rings. The number of likely N-dealkylation sites (N-methyl/N-ethyl adjacent to an activating group) is 1. The standard InChI is InChI=1S/C22H25ClN4O3S/c1-4-26(12-18(28)24-11-16-5-7-17(23)8-6-16)19(29)9-10-27-13-25-21-20(22(27)30)14(2)15(3)31-21/h5-8,13H,4,9-12H2,1-3H3,(H,24,28). The summed E-state index contributed by atoms with van der Waals surface area (Å²) in [5.41, 5.74) is 1.72. The number of carbonyl (C=O) groups excluding carboxylic acids is 2. The summed E-state index contributed by atoms with van der Waals surface area (Å²) in [6.07, 6.45) is 1.61. The lowest BCUT2D eigenvalue weighted by Crippen LogP contribution is -2.41. The zero-order valence-corrected chi connectivity index (χ0v) is 19.3. The number of carbonyl (C=O) groups is 2. The molecule has 1 N–H and O–H groups in total. The Morgan fingerprint density at radius 1 is 1.23 bits per heavy atom. The highest BCUT2D eigenvalue weighted by molar-refractivity contribution is 7.18. The summed E-state index contributed by atoms with van der Waals surface area (Å²) < 4.78 is 1.47. The van der Waals surface area contributed by atoms with Crippen LogP contribution in [-0.4, -0.2) is 39.4 Å². The second kappa shape index (κ2) is 10.1. The van der Waals surface area contributed by atoms with Crippen LogP contribution in [0.5, 0.6) is 0 Å². The fourth-order valence-electron chi connectivity index (χ4n) is 3.21. The predicted octanol–water partition coefficient (Wildman–Crippen LogP) is 3.28. The van der Waals surface area contributed by atoms with Crippen molar-refractivity contribution in [2.45, 2.75) is 40.3 Å². The number of halogens is 1. The zero-order valence-electron chi connectivity index (χ0n) is 17.8. The van der Waals surface area contributed by atoms with Gasteiger partial charge in [0.25, 0.3) is 5.56 Å². The monoisotopic (exact) mass is 460 g/mol. The molecule has 2 aromatic heterocycles. The van der Waals surface area contributed by atoms with Gasteiger partial charge in [0.1, 0.15) is 4.83 Å². The molecule has 9 heteroatoms. The Balaban J connectivity index is 1.57. The fraction of sp³-hybridized carbons (Fsp3) is 0.364. The van der Waals surface area contributed by atoms with Gasteiger partial charge in [-0.25, -0.2) is 4.98 Å². The van der Waals surface area contributed by atoms with Crippen molar-refractivity contribution in [3.63, 3.8) is 0 Å². The molecule has 31 heavy (non-hydrogen) atoms. The first-order valence-corrected chi connectivity index (χ1v) is 11.2. The van der Waals surface area contributed by atoms with Gasteiger partial charge in [0.2, 0.25) is 11.8 Å². The highest BCUT2D eigenvalue weighted by Gasteiger charge is 2.17. The van der Waals surface area contributed by atoms with Crippen LogP contribution in [0.4, 0.5) is 0 Å². The molecule has 0 unspecified atom stereocenters. The molecular weight excluding hydrogens is 436 g/mol. The Labute approximate surface area is 189 Å². The molecule has 7 nitrogen and oxygen atoms in total. The molecule has 3 aromatic rings. The van der Waals surface area contributed by atoms with Gasteiger partial charge in [0.05, 0.1) is 18.3 Å². The van der Waals surface area contributed by atoms with Crippen LogP contribution in [0.15, 0.2) is 35.4 Å². The van der Waals surface area contributed by atoms with Crippen LogP contribution < -0.4 is 10.9 Å². The van der Waals surface area contributed by atoms with Gasteiger partial charge in [0.15, 0.2) is 0 Å². The van der Waals surface area contributed by atoms with Gasteiger partial charge in [-0.3, -0.25) is 19.0 Å². The number of rotatable bonds is 8. The van der Waals surface area contributed by atoms with E-state index in [1.807, 2.05) is 32.9 Å². The minimum atomic E-state index is -0.241. The maximum absolute atomic E-state index is 12.8. The van der Waals surface area contributed by atoms with Crippen LogP contribution in [0, 0.1) is 13.8 Å². The third kappa shape index (κ3) is 5.51. The first-order chi connectivity index (χ1) is 14.8. The lowest BCUT2D eigenvalue weighted by Gasteiger charge is -2.20. The highest BCUT2D eigenvalue weighted by atomic mass is 35.5. The van der Waals surface area contributed by atoms with Crippen LogP contribution in [0.25, 0.3) is 10.2 Å². The van der Waals surface area contributed by atoms with Crippen molar-refractivity contribution in [1.82, 2.24) is 19.8 Å². The molecule has 0 aliphatic carbocycles. The second-order valence-electron chi connectivity index (χ2n) is 7.27. The van der Waals surface area contributed by atoms with Crippen molar-refractivity contribution in [1.29, 1.82) is 0 Å². The van der Waals surface area contributed by atoms with Crippen molar-refractivity contribution in [3.8, 4) is 0 Å². The van der Waals surface area contributed by atoms with Crippen LogP contribution in [-0.2, 0) is 22.7 Å². The van der Waals surface area contributed by atoms with Crippen molar-refractivity contribution < 1.29 is 9.59 Å². The van der Waals surface area contributed by atoms with Gasteiger partial charge in [-0.15, -0.1) is 11.3 Å². The molecule has 2 amide bonds. The summed E-state index contributed by atoms with van der Waals surface area (Å²) in [6.45, 7) is 6.65. The molecule has 0 aliphatic heterocycles. The molecule has 0 bridgehead atoms. The summed E-state index contributed by atoms with van der Waals surface area (Å²) in [7, 11) is 0. The van der Waals surface area contributed by atoms with Crippen LogP contribution in [0.2, 0.25) is 5.02 Å². The van der Waals surface area contributed by atoms with E-state index in [4.69, 9.17) is 11.6 Å². The SMILES string of the molecule is CCN(CC(=O)NCc1ccc(Cl)cc1)C(=O)CCn1cnc2sc(C)c(C)c2c1=O. The Kier molecular flexibility index (Phi) is 7.46. The number of hydrogen-bond acceptors (Lipinski definition) is 5. The second-order valence-corrected chi connectivity index (χ2v) is 8.91. The minimum absolute atomic E-state index is 0.0298. The van der Waals surface area contributed by atoms with Gasteiger partial charge in [-0.2, -0.15) is 0 Å². The van der Waals surface area contributed by atoms with Crippen molar-refractivity contribution in [2.24, 2.45) is 0 Å². The minimum Gasteiger partial charge on any atom is -0.350 e. The van der Waals surface area contributed by atoms with E-state index in [2.05, 4.69) is 10.3 Å². The van der Waals surface area contributed by atoms with Crippen molar-refractivity contribution in [3.05, 3.63) is 62.0 Å². The maximum atomic E-state index is 12.8. The largest absolute Gasteiger partial charge is 0.350 e. The van der Waals surface area contributed by atoms with E-state index in [0.29, 0.717) is 23.5 Å². The molecule has 3 rings (SSSR count). The van der Waals surface area contributed by atoms with Crippen LogP contribution >= 0.6 is 22.9 Å². The molecular formula is C22H25ClN4O3S. The van der Waals surface area contributed by atoms with Crippen LogP contribution in [0.3, 0.4) is 0 Å². The average molecular weight is 461 g/mol. The number of benzene rings is 1. The smallest absolute Gasteiger partial charge is 0.262 e. The summed E-state index contributed by atoms with van der Waals surface area (Å²) in [5.74, 6) is -0.427. The maximum Gasteiger partial charge on any atom is 0.262 e. The Morgan fingerprint density at radius 2 is 1.94 bits per heavy atom. The third-order valence-corrected chi connectivity index (χ3v) is 6.56. The van der Waals surface area contributed by atoms with E-state index in [1.54, 1.807) is 12.1 Å². The first-order valence-electron chi connectivity index (χ1n) is 10.0. The quantitative estimate of drug-likeness (QED) is 0.559. The summed E-state index contributed by atoms with van der Waals surface area (Å²) in [4.78, 5) is 45.3. The fourth-order valence-corrected chi connectivity index (χ4v) is 4.33. The number of aryl methyl sites for hydroxylation is 3. The Bertz CT molecular complexity index is 1150. The molecule has 0 aliphatic rings. The number of nitrogens with one attached hydrogen (secondary N) is 1. The van der Waals surface area contributed by atoms with E-state index in [9.17, 15) is 14.4 Å². The number of nitrogens with zero attached hydrogens (tertiary/aromatic N) is 3. The third-order valence-electron chi connectivity index (χ3n) is 5.19. The molecule has 0 spiro atoms. The first kappa shape index (κ1) is 23.0. The van der Waals surface area contributed by atoms with Gasteiger partial charge < -0.3 is 10.2 Å². The average Bonchev–Trinajstić information content (AvgIpc) is 3.05. The number of aromatic nitrogens is 2. The number of thiophene rings is 1. The topological polar surface area (TPSA) is 84.3 Å². The number of hydrogen-bond donors (Lipinski definition) is 1. The van der Waals surface area contributed by atoms with Gasteiger partial charge >= 0.3 is 0 Å². The van der Waals surface area contributed by atoms with Crippen LogP contribution in [0.1, 0.15) is 29.3 Å². The van der Waals surface area contributed by atoms with Crippen molar-refractivity contribution >= 4 is 45.0 Å². The molecule has 1 aromatic carbocycles. The van der Waals surface area contributed by atoms with Gasteiger partial charge in [-0.1, -0.05) is 23.7 Å². The molecule has 2 heterocycles. The van der Waals surface area contributed by atoms with E-state index in [-0.39, 0.29) is 36.9 Å². The molecule has 0 atom stereocenters. The summed E-state index contributed by atoms with van der Waals surface area (Å²) >= 11 is 7.36. The highest BCUT2D eigenvalue weighted by Crippen LogP contribution is 2.25. The van der Waals surface area contributed by atoms with Gasteiger partial charge in [-0.05, 0) is 44.0 Å². The van der Waals surface area contributed by atoms with E-state index < -0.39 is 0 Å². The normalized spacial score (nSPS) is 11.0. The lowest BCUT2D eigenvalue weighted by atomic mass is 10.2. The Hall–Kier alpha value is -2.71. The molecule has 164 valence electrons. The molecule has 0 radical (unpaired) electrons. The summed E-state index contributed by atoms with van der Waals surface area (Å²) in [6, 6.07) is 7.20. The Morgan fingerprint density at radius 3 is 2.61 bits per heavy atom. The number of amides is 2. The zero-order chi connectivity index (χ0) is 22.5. The predicted molar refractivity (Wildman–Crippen MR) is 124 cm³/mol. The lowest BCUT2D eigenvalue weighted by molar-refractivity contribution is -0.136.